The molecular weight excluding hydrogens is 346 g/mol. The van der Waals surface area contributed by atoms with Crippen LogP contribution >= 0.6 is 0 Å². The quantitative estimate of drug-likeness (QED) is 0.438. The van der Waals surface area contributed by atoms with Gasteiger partial charge < -0.3 is 9.47 Å². The van der Waals surface area contributed by atoms with E-state index in [1.165, 1.54) is 27.8 Å². The van der Waals surface area contributed by atoms with Gasteiger partial charge in [-0.25, -0.2) is 0 Å². The molecule has 0 spiro atoms. The Morgan fingerprint density at radius 3 is 2.43 bits per heavy atom. The lowest BCUT2D eigenvalue weighted by molar-refractivity contribution is 0.0407. The fourth-order valence-electron chi connectivity index (χ4n) is 3.07. The molecule has 1 aromatic heterocycles. The van der Waals surface area contributed by atoms with E-state index < -0.39 is 0 Å². The van der Waals surface area contributed by atoms with Gasteiger partial charge in [-0.2, -0.15) is 0 Å². The number of hydrogen-bond donors (Lipinski definition) is 0. The Hall–Kier alpha value is -1.97. The topological polar surface area (TPSA) is 31.4 Å². The summed E-state index contributed by atoms with van der Waals surface area (Å²) in [6.45, 7) is 13.4. The lowest BCUT2D eigenvalue weighted by atomic mass is 9.89. The molecule has 28 heavy (non-hydrogen) atoms. The standard InChI is InChI=1S/C24H33NO2.CH4/c1-6-10-26-11-12-27-17-21-14-22(16-25-15-21)24(19(4)7-2)23-13-18(3)8-9-20(23)5;/h8-9,13-16H,6-7,10-12,17H2,1-5H3;1H4. The van der Waals surface area contributed by atoms with Crippen molar-refractivity contribution in [2.45, 2.75) is 61.5 Å². The molecule has 0 amide bonds. The summed E-state index contributed by atoms with van der Waals surface area (Å²) >= 11 is 0. The van der Waals surface area contributed by atoms with Crippen LogP contribution in [0.1, 0.15) is 68.9 Å². The molecule has 3 heteroatoms. The molecule has 3 nitrogen and oxygen atoms in total. The molecule has 0 saturated heterocycles. The molecule has 1 heterocycles. The molecule has 0 N–H and O–H groups in total. The first-order chi connectivity index (χ1) is 13.1. The average molecular weight is 384 g/mol. The van der Waals surface area contributed by atoms with Gasteiger partial charge in [-0.3, -0.25) is 4.98 Å². The second-order valence-electron chi connectivity index (χ2n) is 7.07. The maximum atomic E-state index is 5.76. The Balaban J connectivity index is 0.00000392. The molecule has 2 aromatic rings. The first-order valence-electron chi connectivity index (χ1n) is 9.94. The van der Waals surface area contributed by atoms with Gasteiger partial charge in [0.05, 0.1) is 19.8 Å². The van der Waals surface area contributed by atoms with Crippen molar-refractivity contribution in [2.75, 3.05) is 19.8 Å². The van der Waals surface area contributed by atoms with Crippen molar-refractivity contribution in [3.63, 3.8) is 0 Å². The summed E-state index contributed by atoms with van der Waals surface area (Å²) in [6, 6.07) is 8.85. The molecule has 2 rings (SSSR count). The average Bonchev–Trinajstić information content (AvgIpc) is 2.67. The maximum Gasteiger partial charge on any atom is 0.0733 e. The van der Waals surface area contributed by atoms with Gasteiger partial charge in [0.2, 0.25) is 0 Å². The Morgan fingerprint density at radius 2 is 1.71 bits per heavy atom. The summed E-state index contributed by atoms with van der Waals surface area (Å²) in [6.07, 6.45) is 5.90. The van der Waals surface area contributed by atoms with E-state index in [0.29, 0.717) is 19.8 Å². The zero-order chi connectivity index (χ0) is 19.6. The fraction of sp³-hybridized carbons (Fsp3) is 0.480. The number of ether oxygens (including phenoxy) is 2. The Bertz CT molecular complexity index is 765. The molecular formula is C25H37NO2. The highest BCUT2D eigenvalue weighted by Crippen LogP contribution is 2.31. The van der Waals surface area contributed by atoms with Crippen LogP contribution in [-0.4, -0.2) is 24.8 Å². The highest BCUT2D eigenvalue weighted by atomic mass is 16.5. The number of nitrogens with zero attached hydrogens (tertiary/aromatic N) is 1. The number of pyridine rings is 1. The minimum absolute atomic E-state index is 0. The van der Waals surface area contributed by atoms with E-state index in [9.17, 15) is 0 Å². The van der Waals surface area contributed by atoms with Crippen LogP contribution in [0.4, 0.5) is 0 Å². The smallest absolute Gasteiger partial charge is 0.0733 e. The van der Waals surface area contributed by atoms with Crippen LogP contribution in [0.2, 0.25) is 0 Å². The predicted molar refractivity (Wildman–Crippen MR) is 120 cm³/mol. The first-order valence-corrected chi connectivity index (χ1v) is 9.94. The van der Waals surface area contributed by atoms with Gasteiger partial charge in [0.15, 0.2) is 0 Å². The van der Waals surface area contributed by atoms with Gasteiger partial charge >= 0.3 is 0 Å². The fourth-order valence-corrected chi connectivity index (χ4v) is 3.07. The Kier molecular flexibility index (Phi) is 10.7. The van der Waals surface area contributed by atoms with Crippen molar-refractivity contribution in [2.24, 2.45) is 0 Å². The second-order valence-corrected chi connectivity index (χ2v) is 7.07. The van der Waals surface area contributed by atoms with Gasteiger partial charge in [0.25, 0.3) is 0 Å². The van der Waals surface area contributed by atoms with Crippen LogP contribution < -0.4 is 0 Å². The van der Waals surface area contributed by atoms with Gasteiger partial charge in [-0.05, 0) is 61.9 Å². The summed E-state index contributed by atoms with van der Waals surface area (Å²) in [4.78, 5) is 4.48. The molecule has 0 saturated carbocycles. The number of aryl methyl sites for hydroxylation is 2. The minimum Gasteiger partial charge on any atom is -0.379 e. The molecule has 154 valence electrons. The van der Waals surface area contributed by atoms with Gasteiger partial charge in [-0.15, -0.1) is 0 Å². The van der Waals surface area contributed by atoms with E-state index in [0.717, 1.165) is 30.6 Å². The monoisotopic (exact) mass is 383 g/mol. The normalized spacial score (nSPS) is 11.8. The number of rotatable bonds is 10. The minimum atomic E-state index is 0. The Morgan fingerprint density at radius 1 is 0.964 bits per heavy atom. The van der Waals surface area contributed by atoms with Crippen molar-refractivity contribution in [3.05, 3.63) is 70.0 Å². The van der Waals surface area contributed by atoms with Crippen LogP contribution in [0.5, 0.6) is 0 Å². The number of aromatic nitrogens is 1. The van der Waals surface area contributed by atoms with Crippen LogP contribution in [0.3, 0.4) is 0 Å². The molecule has 0 unspecified atom stereocenters. The van der Waals surface area contributed by atoms with Gasteiger partial charge in [-0.1, -0.05) is 50.6 Å². The van der Waals surface area contributed by atoms with E-state index in [1.807, 2.05) is 12.4 Å². The highest BCUT2D eigenvalue weighted by Gasteiger charge is 2.12. The zero-order valence-electron chi connectivity index (χ0n) is 17.5. The molecule has 0 bridgehead atoms. The van der Waals surface area contributed by atoms with Crippen LogP contribution in [-0.2, 0) is 16.1 Å². The highest BCUT2D eigenvalue weighted by molar-refractivity contribution is 5.83. The van der Waals surface area contributed by atoms with E-state index in [-0.39, 0.29) is 7.43 Å². The molecule has 0 fully saturated rings. The van der Waals surface area contributed by atoms with E-state index in [1.54, 1.807) is 0 Å². The molecule has 0 radical (unpaired) electrons. The van der Waals surface area contributed by atoms with E-state index >= 15 is 0 Å². The van der Waals surface area contributed by atoms with Crippen molar-refractivity contribution in [3.8, 4) is 0 Å². The van der Waals surface area contributed by atoms with Gasteiger partial charge in [0, 0.05) is 24.6 Å². The van der Waals surface area contributed by atoms with Crippen molar-refractivity contribution < 1.29 is 9.47 Å². The second kappa shape index (κ2) is 12.5. The van der Waals surface area contributed by atoms with Crippen molar-refractivity contribution in [1.29, 1.82) is 0 Å². The molecule has 0 atom stereocenters. The lowest BCUT2D eigenvalue weighted by Gasteiger charge is -2.16. The Labute approximate surface area is 171 Å². The molecule has 0 aliphatic heterocycles. The predicted octanol–water partition coefficient (Wildman–Crippen LogP) is 6.51. The number of hydrogen-bond acceptors (Lipinski definition) is 3. The third-order valence-corrected chi connectivity index (χ3v) is 4.69. The molecule has 1 aromatic carbocycles. The summed E-state index contributed by atoms with van der Waals surface area (Å²) < 4.78 is 11.2. The molecule has 0 aliphatic rings. The SMILES string of the molecule is C.CCCOCCOCc1cncc(C(=C(C)CC)c2cc(C)ccc2C)c1. The van der Waals surface area contributed by atoms with E-state index in [2.05, 4.69) is 63.9 Å². The largest absolute Gasteiger partial charge is 0.379 e. The van der Waals surface area contributed by atoms with Crippen molar-refractivity contribution in [1.82, 2.24) is 4.98 Å². The molecule has 0 aliphatic carbocycles. The zero-order valence-corrected chi connectivity index (χ0v) is 17.5. The summed E-state index contributed by atoms with van der Waals surface area (Å²) in [5.41, 5.74) is 8.77. The van der Waals surface area contributed by atoms with Crippen LogP contribution in [0.25, 0.3) is 5.57 Å². The maximum absolute atomic E-state index is 5.76. The van der Waals surface area contributed by atoms with Gasteiger partial charge in [0.1, 0.15) is 0 Å². The third kappa shape index (κ3) is 6.88. The third-order valence-electron chi connectivity index (χ3n) is 4.69. The van der Waals surface area contributed by atoms with Crippen LogP contribution in [0.15, 0.2) is 42.2 Å². The van der Waals surface area contributed by atoms with E-state index in [4.69, 9.17) is 9.47 Å². The number of benzene rings is 1. The summed E-state index contributed by atoms with van der Waals surface area (Å²) in [7, 11) is 0. The van der Waals surface area contributed by atoms with Crippen molar-refractivity contribution >= 4 is 5.57 Å². The van der Waals surface area contributed by atoms with Crippen LogP contribution in [0, 0.1) is 13.8 Å². The summed E-state index contributed by atoms with van der Waals surface area (Å²) in [5.74, 6) is 0. The summed E-state index contributed by atoms with van der Waals surface area (Å²) in [5, 5.41) is 0. The first kappa shape index (κ1) is 24.1. The number of allylic oxidation sites excluding steroid dienone is 1. The lowest BCUT2D eigenvalue weighted by Crippen LogP contribution is -2.05.